The van der Waals surface area contributed by atoms with Crippen LogP contribution in [0.1, 0.15) is 11.5 Å². The monoisotopic (exact) mass is 258 g/mol. The lowest BCUT2D eigenvalue weighted by Crippen LogP contribution is -2.07. The molecule has 0 aliphatic heterocycles. The van der Waals surface area contributed by atoms with Crippen LogP contribution in [0.15, 0.2) is 39.8 Å². The van der Waals surface area contributed by atoms with Crippen molar-refractivity contribution in [2.45, 2.75) is 13.2 Å². The van der Waals surface area contributed by atoms with Gasteiger partial charge in [-0.3, -0.25) is 0 Å². The fourth-order valence-corrected chi connectivity index (χ4v) is 0.967. The van der Waals surface area contributed by atoms with E-state index in [1.54, 1.807) is 0 Å². The van der Waals surface area contributed by atoms with Gasteiger partial charge in [0.15, 0.2) is 24.7 Å². The molecule has 2 aromatic heterocycles. The maximum atomic E-state index is 11.1. The van der Waals surface area contributed by atoms with Crippen LogP contribution in [-0.2, 0) is 22.7 Å². The number of rotatable bonds is 4. The third-order valence-electron chi connectivity index (χ3n) is 1.67. The van der Waals surface area contributed by atoms with E-state index in [1.165, 1.54) is 0 Å². The Kier molecular flexibility index (Phi) is 3.32. The Hall–Kier alpha value is -2.71. The molecule has 0 amide bonds. The van der Waals surface area contributed by atoms with Crippen LogP contribution in [0.2, 0.25) is 0 Å². The highest BCUT2D eigenvalue weighted by molar-refractivity contribution is 5.59. The SMILES string of the molecule is O=C(OCc1coc(=O)o1)OCc1coc(=O)o1. The fraction of sp³-hybridized carbons (Fsp3) is 0.222. The number of carbonyl (C=O) groups is 1. The summed E-state index contributed by atoms with van der Waals surface area (Å²) in [7, 11) is 0. The summed E-state index contributed by atoms with van der Waals surface area (Å²) in [5, 5.41) is 0. The molecule has 0 aliphatic carbocycles. The summed E-state index contributed by atoms with van der Waals surface area (Å²) < 4.78 is 26.7. The van der Waals surface area contributed by atoms with E-state index in [9.17, 15) is 14.4 Å². The molecule has 0 fully saturated rings. The standard InChI is InChI=1S/C9H6O9/c10-7(13-1-5-3-15-8(11)17-5)14-2-6-4-16-9(12)18-6/h3-4H,1-2H2. The second-order valence-electron chi connectivity index (χ2n) is 2.94. The average molecular weight is 258 g/mol. The first-order chi connectivity index (χ1) is 8.63. The zero-order chi connectivity index (χ0) is 13.0. The van der Waals surface area contributed by atoms with E-state index in [0.717, 1.165) is 12.5 Å². The second-order valence-corrected chi connectivity index (χ2v) is 2.94. The molecule has 2 heterocycles. The molecule has 0 spiro atoms. The molecule has 0 aliphatic rings. The van der Waals surface area contributed by atoms with E-state index >= 15 is 0 Å². The van der Waals surface area contributed by atoms with E-state index in [-0.39, 0.29) is 24.7 Å². The Morgan fingerprint density at radius 1 is 0.944 bits per heavy atom. The van der Waals surface area contributed by atoms with Crippen molar-refractivity contribution < 1.29 is 31.9 Å². The number of hydrogen-bond donors (Lipinski definition) is 0. The van der Waals surface area contributed by atoms with Gasteiger partial charge in [0.25, 0.3) is 0 Å². The lowest BCUT2D eigenvalue weighted by atomic mass is 10.6. The summed E-state index contributed by atoms with van der Waals surface area (Å²) in [6, 6.07) is 0. The molecule has 18 heavy (non-hydrogen) atoms. The first kappa shape index (κ1) is 11.8. The molecule has 0 atom stereocenters. The van der Waals surface area contributed by atoms with Crippen LogP contribution in [0.4, 0.5) is 4.79 Å². The Labute approximate surface area is 97.5 Å². The Bertz CT molecular complexity index is 570. The van der Waals surface area contributed by atoms with Crippen molar-refractivity contribution in [3.63, 3.8) is 0 Å². The average Bonchev–Trinajstić information content (AvgIpc) is 2.93. The first-order valence-electron chi connectivity index (χ1n) is 4.58. The van der Waals surface area contributed by atoms with Crippen LogP contribution in [-0.4, -0.2) is 6.16 Å². The van der Waals surface area contributed by atoms with Crippen molar-refractivity contribution in [3.05, 3.63) is 45.3 Å². The molecule has 2 rings (SSSR count). The van der Waals surface area contributed by atoms with Crippen LogP contribution < -0.4 is 11.6 Å². The lowest BCUT2D eigenvalue weighted by molar-refractivity contribution is 0.0357. The van der Waals surface area contributed by atoms with Gasteiger partial charge in [0, 0.05) is 0 Å². The summed E-state index contributed by atoms with van der Waals surface area (Å²) in [5.41, 5.74) is 0. The summed E-state index contributed by atoms with van der Waals surface area (Å²) in [4.78, 5) is 32.0. The highest BCUT2D eigenvalue weighted by Gasteiger charge is 2.10. The third-order valence-corrected chi connectivity index (χ3v) is 1.67. The van der Waals surface area contributed by atoms with E-state index in [2.05, 4.69) is 27.1 Å². The predicted octanol–water partition coefficient (Wildman–Crippen LogP) is 0.632. The quantitative estimate of drug-likeness (QED) is 0.726. The Balaban J connectivity index is 1.75. The molecule has 0 bridgehead atoms. The van der Waals surface area contributed by atoms with E-state index in [0.29, 0.717) is 0 Å². The van der Waals surface area contributed by atoms with Crippen molar-refractivity contribution in [1.82, 2.24) is 0 Å². The number of ether oxygens (including phenoxy) is 2. The summed E-state index contributed by atoms with van der Waals surface area (Å²) in [6.07, 6.45) is 0.970. The van der Waals surface area contributed by atoms with Crippen molar-refractivity contribution >= 4 is 6.16 Å². The van der Waals surface area contributed by atoms with Crippen LogP contribution in [0, 0.1) is 0 Å². The minimum atomic E-state index is -1.04. The lowest BCUT2D eigenvalue weighted by Gasteiger charge is -2.01. The van der Waals surface area contributed by atoms with Gasteiger partial charge in [-0.15, -0.1) is 0 Å². The van der Waals surface area contributed by atoms with Gasteiger partial charge in [-0.1, -0.05) is 0 Å². The van der Waals surface area contributed by atoms with Crippen molar-refractivity contribution in [2.75, 3.05) is 0 Å². The van der Waals surface area contributed by atoms with Crippen LogP contribution in [0.25, 0.3) is 0 Å². The first-order valence-corrected chi connectivity index (χ1v) is 4.58. The van der Waals surface area contributed by atoms with Gasteiger partial charge >= 0.3 is 17.8 Å². The van der Waals surface area contributed by atoms with E-state index < -0.39 is 17.8 Å². The zero-order valence-corrected chi connectivity index (χ0v) is 8.74. The van der Waals surface area contributed by atoms with Gasteiger partial charge in [-0.05, 0) is 0 Å². The van der Waals surface area contributed by atoms with Gasteiger partial charge in [-0.2, -0.15) is 0 Å². The second kappa shape index (κ2) is 5.08. The van der Waals surface area contributed by atoms with Crippen LogP contribution in [0.5, 0.6) is 0 Å². The molecule has 0 radical (unpaired) electrons. The molecule has 0 saturated carbocycles. The maximum absolute atomic E-state index is 11.1. The molecule has 9 nitrogen and oxygen atoms in total. The third kappa shape index (κ3) is 3.14. The molecule has 0 aromatic carbocycles. The molecule has 96 valence electrons. The molecule has 9 heteroatoms. The molecule has 0 N–H and O–H groups in total. The minimum absolute atomic E-state index is 0.0341. The molecular weight excluding hydrogens is 252 g/mol. The predicted molar refractivity (Wildman–Crippen MR) is 49.5 cm³/mol. The van der Waals surface area contributed by atoms with Gasteiger partial charge in [-0.25, -0.2) is 14.4 Å². The van der Waals surface area contributed by atoms with Crippen molar-refractivity contribution in [1.29, 1.82) is 0 Å². The van der Waals surface area contributed by atoms with Crippen LogP contribution in [0.3, 0.4) is 0 Å². The van der Waals surface area contributed by atoms with Crippen LogP contribution >= 0.6 is 0 Å². The Morgan fingerprint density at radius 2 is 1.39 bits per heavy atom. The molecule has 2 aromatic rings. The number of hydrogen-bond acceptors (Lipinski definition) is 9. The highest BCUT2D eigenvalue weighted by atomic mass is 16.7. The van der Waals surface area contributed by atoms with Gasteiger partial charge in [0.05, 0.1) is 0 Å². The molecule has 0 saturated heterocycles. The highest BCUT2D eigenvalue weighted by Crippen LogP contribution is 2.02. The Morgan fingerprint density at radius 3 is 1.72 bits per heavy atom. The number of carbonyl (C=O) groups excluding carboxylic acids is 1. The molecular formula is C9H6O9. The van der Waals surface area contributed by atoms with Crippen molar-refractivity contribution in [3.8, 4) is 0 Å². The summed E-state index contributed by atoms with van der Waals surface area (Å²) in [5.74, 6) is -1.73. The topological polar surface area (TPSA) is 122 Å². The van der Waals surface area contributed by atoms with E-state index in [1.807, 2.05) is 0 Å². The largest absolute Gasteiger partial charge is 0.518 e. The van der Waals surface area contributed by atoms with Crippen molar-refractivity contribution in [2.24, 2.45) is 0 Å². The summed E-state index contributed by atoms with van der Waals surface area (Å²) in [6.45, 7) is -0.639. The molecule has 0 unspecified atom stereocenters. The van der Waals surface area contributed by atoms with Gasteiger partial charge in [0.2, 0.25) is 0 Å². The minimum Gasteiger partial charge on any atom is -0.426 e. The maximum Gasteiger partial charge on any atom is 0.518 e. The fourth-order valence-electron chi connectivity index (χ4n) is 0.967. The zero-order valence-electron chi connectivity index (χ0n) is 8.74. The summed E-state index contributed by atoms with van der Waals surface area (Å²) >= 11 is 0. The smallest absolute Gasteiger partial charge is 0.426 e. The normalized spacial score (nSPS) is 10.2. The van der Waals surface area contributed by atoms with Gasteiger partial charge in [0.1, 0.15) is 12.5 Å². The van der Waals surface area contributed by atoms with Gasteiger partial charge < -0.3 is 27.1 Å². The van der Waals surface area contributed by atoms with E-state index in [4.69, 9.17) is 0 Å².